The zero-order chi connectivity index (χ0) is 29.3. The Morgan fingerprint density at radius 2 is 1.66 bits per heavy atom. The lowest BCUT2D eigenvalue weighted by molar-refractivity contribution is -0.202. The summed E-state index contributed by atoms with van der Waals surface area (Å²) in [5.74, 6) is -0.652. The van der Waals surface area contributed by atoms with Gasteiger partial charge in [-0.1, -0.05) is 24.3 Å². The van der Waals surface area contributed by atoms with Gasteiger partial charge >= 0.3 is 12.4 Å². The van der Waals surface area contributed by atoms with E-state index in [0.29, 0.717) is 23.4 Å². The lowest BCUT2D eigenvalue weighted by Gasteiger charge is -2.41. The lowest BCUT2D eigenvalue weighted by Crippen LogP contribution is -2.60. The molecular formula is C26H26F6N6O2S. The second-order valence-electron chi connectivity index (χ2n) is 9.68. The summed E-state index contributed by atoms with van der Waals surface area (Å²) in [6, 6.07) is 12.3. The molecule has 41 heavy (non-hydrogen) atoms. The molecule has 1 saturated heterocycles. The van der Waals surface area contributed by atoms with E-state index in [1.54, 1.807) is 24.3 Å². The second-order valence-corrected chi connectivity index (χ2v) is 10.7. The van der Waals surface area contributed by atoms with Crippen molar-refractivity contribution in [2.45, 2.75) is 56.2 Å². The van der Waals surface area contributed by atoms with Crippen LogP contribution in [0.3, 0.4) is 0 Å². The Balaban J connectivity index is 1.42. The average molecular weight is 601 g/mol. The van der Waals surface area contributed by atoms with Crippen LogP contribution in [0.1, 0.15) is 42.7 Å². The zero-order valence-corrected chi connectivity index (χ0v) is 22.2. The maximum atomic E-state index is 14.9. The molecule has 1 amide bonds. The number of ether oxygens (including phenoxy) is 1. The van der Waals surface area contributed by atoms with Gasteiger partial charge in [-0.15, -0.1) is 11.3 Å². The molecule has 2 aromatic carbocycles. The highest BCUT2D eigenvalue weighted by Gasteiger charge is 2.60. The third-order valence-electron chi connectivity index (χ3n) is 6.88. The number of halogens is 6. The van der Waals surface area contributed by atoms with E-state index in [-0.39, 0.29) is 35.5 Å². The van der Waals surface area contributed by atoms with Crippen LogP contribution in [0, 0.1) is 0 Å². The third-order valence-corrected chi connectivity index (χ3v) is 7.98. The fourth-order valence-corrected chi connectivity index (χ4v) is 5.86. The highest BCUT2D eigenvalue weighted by atomic mass is 32.1. The van der Waals surface area contributed by atoms with Gasteiger partial charge < -0.3 is 10.1 Å². The Morgan fingerprint density at radius 1 is 0.951 bits per heavy atom. The number of amides is 1. The Labute approximate surface area is 234 Å². The molecule has 5 N–H and O–H groups in total. The number of unbranched alkanes of at least 4 members (excludes halogenated alkanes) is 2. The molecule has 0 spiro atoms. The summed E-state index contributed by atoms with van der Waals surface area (Å²) in [6.07, 6.45) is -10.8. The maximum absolute atomic E-state index is 14.9. The number of hydrogen-bond acceptors (Lipinski definition) is 8. The Morgan fingerprint density at radius 3 is 2.32 bits per heavy atom. The first kappa shape index (κ1) is 29.3. The van der Waals surface area contributed by atoms with E-state index in [1.807, 2.05) is 0 Å². The number of rotatable bonds is 9. The van der Waals surface area contributed by atoms with E-state index in [2.05, 4.69) is 32.2 Å². The van der Waals surface area contributed by atoms with Crippen molar-refractivity contribution in [2.75, 3.05) is 6.61 Å². The molecule has 0 unspecified atom stereocenters. The van der Waals surface area contributed by atoms with Gasteiger partial charge in [0.15, 0.2) is 5.54 Å². The van der Waals surface area contributed by atoms with Gasteiger partial charge in [-0.05, 0) is 49.1 Å². The number of fused-ring (bicyclic) bond motifs is 1. The van der Waals surface area contributed by atoms with Crippen molar-refractivity contribution in [2.24, 2.45) is 0 Å². The number of nitrogens with zero attached hydrogens (tertiary/aromatic N) is 1. The first-order valence-electron chi connectivity index (χ1n) is 12.8. The summed E-state index contributed by atoms with van der Waals surface area (Å²) in [5, 5.41) is 2.53. The van der Waals surface area contributed by atoms with E-state index in [4.69, 9.17) is 4.74 Å². The van der Waals surface area contributed by atoms with Crippen molar-refractivity contribution < 1.29 is 35.9 Å². The van der Waals surface area contributed by atoms with Gasteiger partial charge in [0, 0.05) is 18.4 Å². The fourth-order valence-electron chi connectivity index (χ4n) is 4.84. The van der Waals surface area contributed by atoms with E-state index in [9.17, 15) is 31.1 Å². The van der Waals surface area contributed by atoms with Gasteiger partial charge in [0.05, 0.1) is 22.4 Å². The first-order chi connectivity index (χ1) is 19.5. The number of benzene rings is 2. The highest BCUT2D eigenvalue weighted by Crippen LogP contribution is 2.49. The minimum atomic E-state index is -4.88. The van der Waals surface area contributed by atoms with E-state index < -0.39 is 42.8 Å². The topological polar surface area (TPSA) is 99.3 Å². The highest BCUT2D eigenvalue weighted by molar-refractivity contribution is 7.19. The van der Waals surface area contributed by atoms with E-state index in [0.717, 1.165) is 4.70 Å². The molecule has 2 aliphatic rings. The van der Waals surface area contributed by atoms with Gasteiger partial charge in [0.25, 0.3) is 5.91 Å². The molecule has 5 rings (SSSR count). The molecule has 1 fully saturated rings. The number of carbonyl (C=O) groups is 1. The summed E-state index contributed by atoms with van der Waals surface area (Å²) in [4.78, 5) is 18.0. The van der Waals surface area contributed by atoms with Crippen LogP contribution in [-0.4, -0.2) is 36.0 Å². The maximum Gasteiger partial charge on any atom is 0.416 e. The molecule has 0 bridgehead atoms. The minimum absolute atomic E-state index is 0.0237. The first-order valence-corrected chi connectivity index (χ1v) is 13.6. The van der Waals surface area contributed by atoms with E-state index >= 15 is 0 Å². The molecule has 15 heteroatoms. The van der Waals surface area contributed by atoms with Crippen LogP contribution >= 0.6 is 11.3 Å². The van der Waals surface area contributed by atoms with Crippen molar-refractivity contribution in [1.82, 2.24) is 32.2 Å². The van der Waals surface area contributed by atoms with Crippen LogP contribution in [0.5, 0.6) is 5.75 Å². The van der Waals surface area contributed by atoms with Crippen LogP contribution < -0.4 is 32.0 Å². The fraction of sp³-hybridized carbons (Fsp3) is 0.385. The normalized spacial score (nSPS) is 20.6. The number of aromatic nitrogens is 1. The molecule has 220 valence electrons. The largest absolute Gasteiger partial charge is 0.494 e. The summed E-state index contributed by atoms with van der Waals surface area (Å²) >= 11 is 1.20. The lowest BCUT2D eigenvalue weighted by atomic mass is 9.78. The summed E-state index contributed by atoms with van der Waals surface area (Å²) in [7, 11) is 0. The van der Waals surface area contributed by atoms with Crippen LogP contribution in [0.15, 0.2) is 54.1 Å². The summed E-state index contributed by atoms with van der Waals surface area (Å²) in [5.41, 5.74) is 8.57. The van der Waals surface area contributed by atoms with Gasteiger partial charge in [0.2, 0.25) is 0 Å². The molecule has 1 atom stereocenters. The summed E-state index contributed by atoms with van der Waals surface area (Å²) < 4.78 is 87.9. The van der Waals surface area contributed by atoms with Crippen LogP contribution in [0.25, 0.3) is 15.8 Å². The Hall–Kier alpha value is -3.24. The molecule has 2 aliphatic heterocycles. The van der Waals surface area contributed by atoms with E-state index in [1.165, 1.54) is 35.6 Å². The number of hydrogen-bond donors (Lipinski definition) is 5. The predicted octanol–water partition coefficient (Wildman–Crippen LogP) is 4.97. The Bertz CT molecular complexity index is 1390. The van der Waals surface area contributed by atoms with Crippen LogP contribution in [0.2, 0.25) is 0 Å². The number of hydrazine groups is 3. The molecule has 0 saturated carbocycles. The number of thiazole rings is 1. The van der Waals surface area contributed by atoms with Crippen LogP contribution in [-0.2, 0) is 10.3 Å². The molecule has 0 radical (unpaired) electrons. The predicted molar refractivity (Wildman–Crippen MR) is 140 cm³/mol. The number of nitrogens with one attached hydrogen (secondary N) is 5. The van der Waals surface area contributed by atoms with Gasteiger partial charge in [-0.2, -0.15) is 37.4 Å². The number of carbonyl (C=O) groups excluding carboxylic acids is 1. The van der Waals surface area contributed by atoms with Crippen molar-refractivity contribution >= 4 is 33.0 Å². The molecular weight excluding hydrogens is 574 g/mol. The van der Waals surface area contributed by atoms with Crippen LogP contribution in [0.4, 0.5) is 26.3 Å². The molecule has 8 nitrogen and oxygen atoms in total. The van der Waals surface area contributed by atoms with Crippen molar-refractivity contribution in [3.63, 3.8) is 0 Å². The molecule has 3 aromatic rings. The van der Waals surface area contributed by atoms with Gasteiger partial charge in [-0.25, -0.2) is 15.8 Å². The second kappa shape index (κ2) is 11.6. The smallest absolute Gasteiger partial charge is 0.416 e. The number of para-hydroxylation sites is 1. The van der Waals surface area contributed by atoms with Crippen molar-refractivity contribution in [3.05, 3.63) is 64.7 Å². The average Bonchev–Trinajstić information content (AvgIpc) is 3.59. The van der Waals surface area contributed by atoms with Gasteiger partial charge in [0.1, 0.15) is 16.9 Å². The third kappa shape index (κ3) is 6.33. The quantitative estimate of drug-likeness (QED) is 0.175. The molecule has 1 aromatic heterocycles. The van der Waals surface area contributed by atoms with Crippen molar-refractivity contribution in [1.29, 1.82) is 0 Å². The monoisotopic (exact) mass is 600 g/mol. The SMILES string of the molecule is O=C1N[C@@](c2ccc(OCCCCCC(F)(F)F)cc2)(C(F)(F)F)CC(c2nc3ccccc3s2)=C1C1NNNN1. The zero-order valence-electron chi connectivity index (χ0n) is 21.4. The van der Waals surface area contributed by atoms with Gasteiger partial charge in [-0.3, -0.25) is 4.79 Å². The summed E-state index contributed by atoms with van der Waals surface area (Å²) in [6.45, 7) is 0.121. The molecule has 3 heterocycles. The Kier molecular flexibility index (Phi) is 8.25. The van der Waals surface area contributed by atoms with Crippen molar-refractivity contribution in [3.8, 4) is 5.75 Å². The molecule has 0 aliphatic carbocycles. The number of alkyl halides is 6. The minimum Gasteiger partial charge on any atom is -0.494 e. The standard InChI is InChI=1S/C26H26F6N6O2S/c27-25(28,29)12-4-1-5-13-40-16-10-8-15(9-11-16)24(26(30,31)32)14-17(20(22(39)34-24)21-35-37-38-36-21)23-33-18-6-2-3-7-19(18)41-23/h2-3,6-11,21,35-38H,1,4-5,12-14H2,(H,34,39)/t24-/m0/s1.